The summed E-state index contributed by atoms with van der Waals surface area (Å²) in [6.45, 7) is 0. The van der Waals surface area contributed by atoms with Crippen LogP contribution in [0.4, 0.5) is 0 Å². The lowest BCUT2D eigenvalue weighted by Crippen LogP contribution is -1.81. The third-order valence-electron chi connectivity index (χ3n) is 2.98. The Morgan fingerprint density at radius 3 is 1.39 bits per heavy atom. The van der Waals surface area contributed by atoms with Gasteiger partial charge < -0.3 is 10.2 Å². The molecule has 0 bridgehead atoms. The molecule has 0 atom stereocenters. The van der Waals surface area contributed by atoms with Crippen LogP contribution < -0.4 is 0 Å². The first kappa shape index (κ1) is 11.5. The first-order chi connectivity index (χ1) is 8.58. The summed E-state index contributed by atoms with van der Waals surface area (Å²) >= 11 is 11.8. The van der Waals surface area contributed by atoms with Crippen molar-refractivity contribution in [2.75, 3.05) is 0 Å². The second-order valence-corrected chi connectivity index (χ2v) is 4.95. The van der Waals surface area contributed by atoms with Gasteiger partial charge in [-0.1, -0.05) is 23.2 Å². The first-order valence-corrected chi connectivity index (χ1v) is 6.06. The van der Waals surface area contributed by atoms with Gasteiger partial charge in [-0.2, -0.15) is 0 Å². The van der Waals surface area contributed by atoms with Gasteiger partial charge in [-0.3, -0.25) is 0 Å². The Hall–Kier alpha value is -1.64. The summed E-state index contributed by atoms with van der Waals surface area (Å²) < 4.78 is 0. The Balaban J connectivity index is 2.60. The van der Waals surface area contributed by atoms with Gasteiger partial charge in [-0.15, -0.1) is 0 Å². The number of phenolic OH excluding ortho intramolecular Hbond substituents is 2. The molecule has 3 aromatic rings. The highest BCUT2D eigenvalue weighted by Gasteiger charge is 2.13. The maximum Gasteiger partial charge on any atom is 0.131 e. The molecule has 0 aliphatic carbocycles. The summed E-state index contributed by atoms with van der Waals surface area (Å²) in [7, 11) is 0. The minimum Gasteiger partial charge on any atom is -0.507 e. The van der Waals surface area contributed by atoms with Crippen molar-refractivity contribution in [1.29, 1.82) is 0 Å². The normalized spacial score (nSPS) is 11.2. The van der Waals surface area contributed by atoms with E-state index in [-0.39, 0.29) is 11.5 Å². The highest BCUT2D eigenvalue weighted by molar-refractivity contribution is 6.32. The minimum absolute atomic E-state index is 0.0944. The summed E-state index contributed by atoms with van der Waals surface area (Å²) in [5.74, 6) is 0.189. The van der Waals surface area contributed by atoms with E-state index in [4.69, 9.17) is 23.2 Å². The first-order valence-electron chi connectivity index (χ1n) is 5.30. The topological polar surface area (TPSA) is 40.5 Å². The van der Waals surface area contributed by atoms with Crippen LogP contribution >= 0.6 is 23.2 Å². The molecule has 0 unspecified atom stereocenters. The monoisotopic (exact) mass is 278 g/mol. The average molecular weight is 279 g/mol. The van der Waals surface area contributed by atoms with Crippen molar-refractivity contribution in [1.82, 2.24) is 0 Å². The lowest BCUT2D eigenvalue weighted by molar-refractivity contribution is 0.478. The summed E-state index contributed by atoms with van der Waals surface area (Å²) in [6.07, 6.45) is 0. The molecule has 0 spiro atoms. The number of benzene rings is 3. The Bertz CT molecular complexity index is 714. The molecule has 2 N–H and O–H groups in total. The molecule has 3 rings (SSSR count). The molecule has 90 valence electrons. The van der Waals surface area contributed by atoms with Crippen molar-refractivity contribution < 1.29 is 10.2 Å². The molecular formula is C14H8Cl2O2. The number of aromatic hydroxyl groups is 2. The number of halogens is 2. The lowest BCUT2D eigenvalue weighted by atomic mass is 10.0. The van der Waals surface area contributed by atoms with Gasteiger partial charge in [0.2, 0.25) is 0 Å². The molecular weight excluding hydrogens is 271 g/mol. The third-order valence-corrected chi connectivity index (χ3v) is 3.45. The van der Waals surface area contributed by atoms with Crippen molar-refractivity contribution in [2.45, 2.75) is 0 Å². The number of hydrogen-bond acceptors (Lipinski definition) is 2. The van der Waals surface area contributed by atoms with E-state index >= 15 is 0 Å². The molecule has 0 amide bonds. The van der Waals surface area contributed by atoms with Crippen LogP contribution in [0, 0.1) is 0 Å². The van der Waals surface area contributed by atoms with Crippen LogP contribution in [-0.4, -0.2) is 10.2 Å². The zero-order valence-corrected chi connectivity index (χ0v) is 10.6. The van der Waals surface area contributed by atoms with E-state index in [2.05, 4.69) is 0 Å². The van der Waals surface area contributed by atoms with Gasteiger partial charge in [0.15, 0.2) is 0 Å². The molecule has 4 heteroatoms. The highest BCUT2D eigenvalue weighted by atomic mass is 35.5. The number of rotatable bonds is 0. The summed E-state index contributed by atoms with van der Waals surface area (Å²) in [4.78, 5) is 0. The van der Waals surface area contributed by atoms with Crippen LogP contribution in [0.3, 0.4) is 0 Å². The van der Waals surface area contributed by atoms with Crippen molar-refractivity contribution in [3.63, 3.8) is 0 Å². The van der Waals surface area contributed by atoms with Gasteiger partial charge in [-0.25, -0.2) is 0 Å². The molecule has 0 radical (unpaired) electrons. The molecule has 0 fully saturated rings. The van der Waals surface area contributed by atoms with E-state index in [0.717, 1.165) is 0 Å². The predicted octanol–water partition coefficient (Wildman–Crippen LogP) is 4.71. The second kappa shape index (κ2) is 3.94. The Morgan fingerprint density at radius 1 is 0.611 bits per heavy atom. The molecule has 0 aromatic heterocycles. The fraction of sp³-hybridized carbons (Fsp3) is 0. The van der Waals surface area contributed by atoms with Gasteiger partial charge in [0.25, 0.3) is 0 Å². The smallest absolute Gasteiger partial charge is 0.131 e. The van der Waals surface area contributed by atoms with Gasteiger partial charge >= 0.3 is 0 Å². The van der Waals surface area contributed by atoms with Crippen LogP contribution in [0.25, 0.3) is 21.5 Å². The Labute approximate surface area is 113 Å². The fourth-order valence-corrected chi connectivity index (χ4v) is 2.47. The van der Waals surface area contributed by atoms with E-state index in [1.165, 1.54) is 0 Å². The van der Waals surface area contributed by atoms with Crippen molar-refractivity contribution >= 4 is 44.7 Å². The average Bonchev–Trinajstić information content (AvgIpc) is 2.36. The largest absolute Gasteiger partial charge is 0.507 e. The summed E-state index contributed by atoms with van der Waals surface area (Å²) in [6, 6.07) is 9.93. The summed E-state index contributed by atoms with van der Waals surface area (Å²) in [5, 5.41) is 23.6. The molecule has 3 aromatic carbocycles. The van der Waals surface area contributed by atoms with E-state index in [1.54, 1.807) is 36.4 Å². The molecule has 0 saturated heterocycles. The molecule has 0 aliphatic heterocycles. The SMILES string of the molecule is Oc1c2ccc(Cl)cc2c(O)c2ccc(Cl)cc12. The molecule has 0 saturated carbocycles. The highest BCUT2D eigenvalue weighted by Crippen LogP contribution is 2.42. The van der Waals surface area contributed by atoms with Gasteiger partial charge in [0, 0.05) is 31.6 Å². The standard InChI is InChI=1S/C14H8Cl2O2/c15-7-1-3-9-11(5-7)14(18)10-4-2-8(16)6-12(10)13(9)17/h1-6,17-18H. The van der Waals surface area contributed by atoms with Crippen LogP contribution in [0.1, 0.15) is 0 Å². The fourth-order valence-electron chi connectivity index (χ4n) is 2.13. The quantitative estimate of drug-likeness (QED) is 0.462. The number of hydrogen-bond donors (Lipinski definition) is 2. The van der Waals surface area contributed by atoms with Crippen LogP contribution in [0.5, 0.6) is 11.5 Å². The lowest BCUT2D eigenvalue weighted by Gasteiger charge is -2.10. The van der Waals surface area contributed by atoms with Crippen molar-refractivity contribution in [3.05, 3.63) is 46.4 Å². The van der Waals surface area contributed by atoms with E-state index in [1.807, 2.05) is 0 Å². The van der Waals surface area contributed by atoms with Crippen LogP contribution in [0.2, 0.25) is 10.0 Å². The number of phenols is 2. The van der Waals surface area contributed by atoms with E-state index in [9.17, 15) is 10.2 Å². The van der Waals surface area contributed by atoms with E-state index in [0.29, 0.717) is 31.6 Å². The Morgan fingerprint density at radius 2 is 1.00 bits per heavy atom. The maximum atomic E-state index is 10.2. The maximum absolute atomic E-state index is 10.2. The van der Waals surface area contributed by atoms with Gasteiger partial charge in [0.05, 0.1) is 0 Å². The number of fused-ring (bicyclic) bond motifs is 2. The molecule has 0 heterocycles. The summed E-state index contributed by atoms with van der Waals surface area (Å²) in [5.41, 5.74) is 0. The van der Waals surface area contributed by atoms with Crippen molar-refractivity contribution in [3.8, 4) is 11.5 Å². The van der Waals surface area contributed by atoms with Gasteiger partial charge in [0.1, 0.15) is 11.5 Å². The Kier molecular flexibility index (Phi) is 2.51. The van der Waals surface area contributed by atoms with Gasteiger partial charge in [-0.05, 0) is 36.4 Å². The van der Waals surface area contributed by atoms with Crippen LogP contribution in [-0.2, 0) is 0 Å². The predicted molar refractivity (Wildman–Crippen MR) is 74.8 cm³/mol. The molecule has 0 aliphatic rings. The third kappa shape index (κ3) is 1.57. The van der Waals surface area contributed by atoms with Crippen molar-refractivity contribution in [2.24, 2.45) is 0 Å². The second-order valence-electron chi connectivity index (χ2n) is 4.08. The molecule has 2 nitrogen and oxygen atoms in total. The van der Waals surface area contributed by atoms with E-state index < -0.39 is 0 Å². The van der Waals surface area contributed by atoms with Crippen LogP contribution in [0.15, 0.2) is 36.4 Å². The zero-order valence-electron chi connectivity index (χ0n) is 9.11. The zero-order chi connectivity index (χ0) is 12.9. The molecule has 18 heavy (non-hydrogen) atoms. The minimum atomic E-state index is 0.0944.